The van der Waals surface area contributed by atoms with Gasteiger partial charge in [0.15, 0.2) is 0 Å². The predicted octanol–water partition coefficient (Wildman–Crippen LogP) is 3.52. The van der Waals surface area contributed by atoms with Crippen molar-refractivity contribution in [3.8, 4) is 0 Å². The molecule has 0 spiro atoms. The second kappa shape index (κ2) is 8.80. The summed E-state index contributed by atoms with van der Waals surface area (Å²) in [6.45, 7) is 4.12. The molecule has 0 bridgehead atoms. The number of halogens is 2. The van der Waals surface area contributed by atoms with Gasteiger partial charge in [-0.2, -0.15) is 5.10 Å². The van der Waals surface area contributed by atoms with Gasteiger partial charge in [-0.15, -0.1) is 0 Å². The molecule has 2 N–H and O–H groups in total. The molecule has 0 aliphatic rings. The molecule has 32 heavy (non-hydrogen) atoms. The van der Waals surface area contributed by atoms with Gasteiger partial charge in [-0.25, -0.2) is 14.1 Å². The fraction of sp³-hybridized carbons (Fsp3) is 0.182. The summed E-state index contributed by atoms with van der Waals surface area (Å²) in [4.78, 5) is 30.0. The molecule has 2 heterocycles. The first-order chi connectivity index (χ1) is 15.4. The molecule has 10 heteroatoms. The van der Waals surface area contributed by atoms with Gasteiger partial charge in [0.2, 0.25) is 5.95 Å². The third kappa shape index (κ3) is 4.06. The number of aryl methyl sites for hydroxylation is 1. The molecule has 0 aliphatic heterocycles. The molecule has 2 aromatic carbocycles. The Morgan fingerprint density at radius 3 is 2.59 bits per heavy atom. The highest BCUT2D eigenvalue weighted by molar-refractivity contribution is 6.33. The van der Waals surface area contributed by atoms with Crippen molar-refractivity contribution >= 4 is 34.4 Å². The SMILES string of the molecule is CCn1c(NNC(=O)c2c(C)nn(Cc3ccc(F)cc3)c2Cl)nc2ccccc2c1=O. The number of hydrogen-bond donors (Lipinski definition) is 2. The minimum absolute atomic E-state index is 0.144. The highest BCUT2D eigenvalue weighted by Crippen LogP contribution is 2.21. The quantitative estimate of drug-likeness (QED) is 0.435. The average molecular weight is 455 g/mol. The minimum atomic E-state index is -0.525. The number of nitrogens with zero attached hydrogens (tertiary/aromatic N) is 4. The van der Waals surface area contributed by atoms with Crippen LogP contribution in [0.2, 0.25) is 5.15 Å². The molecular weight excluding hydrogens is 435 g/mol. The van der Waals surface area contributed by atoms with E-state index in [9.17, 15) is 14.0 Å². The van der Waals surface area contributed by atoms with Crippen molar-refractivity contribution in [2.45, 2.75) is 26.9 Å². The number of benzene rings is 2. The molecule has 0 saturated carbocycles. The smallest absolute Gasteiger partial charge is 0.274 e. The van der Waals surface area contributed by atoms with E-state index in [1.54, 1.807) is 43.3 Å². The van der Waals surface area contributed by atoms with Gasteiger partial charge in [-0.3, -0.25) is 25.0 Å². The summed E-state index contributed by atoms with van der Waals surface area (Å²) < 4.78 is 16.0. The third-order valence-corrected chi connectivity index (χ3v) is 5.39. The Kier molecular flexibility index (Phi) is 5.91. The van der Waals surface area contributed by atoms with Gasteiger partial charge in [0, 0.05) is 6.54 Å². The molecule has 0 saturated heterocycles. The summed E-state index contributed by atoms with van der Waals surface area (Å²) >= 11 is 6.42. The zero-order valence-corrected chi connectivity index (χ0v) is 18.2. The van der Waals surface area contributed by atoms with Crippen LogP contribution in [0.1, 0.15) is 28.5 Å². The summed E-state index contributed by atoms with van der Waals surface area (Å²) in [6.07, 6.45) is 0. The summed E-state index contributed by atoms with van der Waals surface area (Å²) in [5.41, 5.74) is 6.98. The Bertz CT molecular complexity index is 1360. The van der Waals surface area contributed by atoms with E-state index in [0.29, 0.717) is 23.1 Å². The number of hydrogen-bond acceptors (Lipinski definition) is 5. The molecule has 4 aromatic rings. The Balaban J connectivity index is 1.57. The molecule has 2 aromatic heterocycles. The zero-order chi connectivity index (χ0) is 22.8. The number of amides is 1. The maximum absolute atomic E-state index is 13.1. The van der Waals surface area contributed by atoms with Crippen LogP contribution in [-0.2, 0) is 13.1 Å². The zero-order valence-electron chi connectivity index (χ0n) is 17.4. The standard InChI is InChI=1S/C22H20ClFN6O2/c1-3-29-21(32)16-6-4-5-7-17(16)25-22(29)27-26-20(31)18-13(2)28-30(19(18)23)12-14-8-10-15(24)11-9-14/h4-11H,3,12H2,1-2H3,(H,25,27)(H,26,31). The summed E-state index contributed by atoms with van der Waals surface area (Å²) in [7, 11) is 0. The molecule has 4 rings (SSSR count). The van der Waals surface area contributed by atoms with Crippen LogP contribution in [0.5, 0.6) is 0 Å². The molecule has 164 valence electrons. The van der Waals surface area contributed by atoms with Crippen molar-refractivity contribution in [3.63, 3.8) is 0 Å². The maximum Gasteiger partial charge on any atom is 0.274 e. The Morgan fingerprint density at radius 1 is 1.16 bits per heavy atom. The number of rotatable bonds is 6. The minimum Gasteiger partial charge on any atom is -0.277 e. The van der Waals surface area contributed by atoms with Gasteiger partial charge < -0.3 is 0 Å². The van der Waals surface area contributed by atoms with Crippen molar-refractivity contribution in [2.75, 3.05) is 5.43 Å². The Hall–Kier alpha value is -3.72. The number of aromatic nitrogens is 4. The first-order valence-corrected chi connectivity index (χ1v) is 10.3. The number of para-hydroxylation sites is 1. The van der Waals surface area contributed by atoms with Crippen molar-refractivity contribution in [3.05, 3.63) is 86.7 Å². The van der Waals surface area contributed by atoms with Gasteiger partial charge in [-0.05, 0) is 43.7 Å². The maximum atomic E-state index is 13.1. The van der Waals surface area contributed by atoms with Gasteiger partial charge in [0.1, 0.15) is 16.5 Å². The van der Waals surface area contributed by atoms with Crippen LogP contribution in [0.15, 0.2) is 53.3 Å². The molecule has 0 atom stereocenters. The second-order valence-corrected chi connectivity index (χ2v) is 7.47. The third-order valence-electron chi connectivity index (χ3n) is 5.00. The largest absolute Gasteiger partial charge is 0.277 e. The van der Waals surface area contributed by atoms with E-state index in [4.69, 9.17) is 11.6 Å². The van der Waals surface area contributed by atoms with E-state index in [1.165, 1.54) is 21.4 Å². The summed E-state index contributed by atoms with van der Waals surface area (Å²) in [5.74, 6) is -0.657. The number of hydrazine groups is 1. The highest BCUT2D eigenvalue weighted by atomic mass is 35.5. The average Bonchev–Trinajstić information content (AvgIpc) is 3.06. The van der Waals surface area contributed by atoms with Gasteiger partial charge in [-0.1, -0.05) is 35.9 Å². The summed E-state index contributed by atoms with van der Waals surface area (Å²) in [6, 6.07) is 12.9. The van der Waals surface area contributed by atoms with Crippen LogP contribution in [0.25, 0.3) is 10.9 Å². The first kappa shape index (κ1) is 21.5. The monoisotopic (exact) mass is 454 g/mol. The van der Waals surface area contributed by atoms with Gasteiger partial charge in [0.25, 0.3) is 11.5 Å². The van der Waals surface area contributed by atoms with Crippen LogP contribution in [0.3, 0.4) is 0 Å². The molecule has 8 nitrogen and oxygen atoms in total. The molecule has 0 unspecified atom stereocenters. The number of nitrogens with one attached hydrogen (secondary N) is 2. The van der Waals surface area contributed by atoms with Crippen molar-refractivity contribution < 1.29 is 9.18 Å². The van der Waals surface area contributed by atoms with Crippen LogP contribution < -0.4 is 16.4 Å². The van der Waals surface area contributed by atoms with E-state index < -0.39 is 5.91 Å². The topological polar surface area (TPSA) is 93.8 Å². The highest BCUT2D eigenvalue weighted by Gasteiger charge is 2.21. The first-order valence-electron chi connectivity index (χ1n) is 9.92. The number of carbonyl (C=O) groups is 1. The molecule has 0 aliphatic carbocycles. The number of anilines is 1. The Morgan fingerprint density at radius 2 is 1.88 bits per heavy atom. The van der Waals surface area contributed by atoms with E-state index >= 15 is 0 Å². The van der Waals surface area contributed by atoms with Crippen molar-refractivity contribution in [1.29, 1.82) is 0 Å². The van der Waals surface area contributed by atoms with E-state index in [0.717, 1.165) is 5.56 Å². The lowest BCUT2D eigenvalue weighted by atomic mass is 10.2. The fourth-order valence-corrected chi connectivity index (χ4v) is 3.73. The second-order valence-electron chi connectivity index (χ2n) is 7.12. The van der Waals surface area contributed by atoms with Crippen LogP contribution in [0.4, 0.5) is 10.3 Å². The van der Waals surface area contributed by atoms with E-state index in [-0.39, 0.29) is 34.6 Å². The number of carbonyl (C=O) groups excluding carboxylic acids is 1. The van der Waals surface area contributed by atoms with Crippen LogP contribution in [-0.4, -0.2) is 25.2 Å². The van der Waals surface area contributed by atoms with E-state index in [1.807, 2.05) is 6.92 Å². The lowest BCUT2D eigenvalue weighted by Gasteiger charge is -2.14. The fourth-order valence-electron chi connectivity index (χ4n) is 3.41. The normalized spacial score (nSPS) is 11.0. The lowest BCUT2D eigenvalue weighted by Crippen LogP contribution is -2.34. The number of fused-ring (bicyclic) bond motifs is 1. The molecule has 0 fully saturated rings. The lowest BCUT2D eigenvalue weighted by molar-refractivity contribution is 0.0961. The molecular formula is C22H20ClFN6O2. The summed E-state index contributed by atoms with van der Waals surface area (Å²) in [5, 5.41) is 4.96. The molecule has 1 amide bonds. The van der Waals surface area contributed by atoms with Crippen LogP contribution >= 0.6 is 11.6 Å². The predicted molar refractivity (Wildman–Crippen MR) is 120 cm³/mol. The van der Waals surface area contributed by atoms with Crippen molar-refractivity contribution in [2.24, 2.45) is 0 Å². The van der Waals surface area contributed by atoms with E-state index in [2.05, 4.69) is 20.9 Å². The van der Waals surface area contributed by atoms with Crippen molar-refractivity contribution in [1.82, 2.24) is 24.8 Å². The van der Waals surface area contributed by atoms with Gasteiger partial charge >= 0.3 is 0 Å². The van der Waals surface area contributed by atoms with Crippen LogP contribution in [0, 0.1) is 12.7 Å². The molecule has 0 radical (unpaired) electrons. The Labute approximate surface area is 187 Å². The van der Waals surface area contributed by atoms with Gasteiger partial charge in [0.05, 0.1) is 23.1 Å².